The summed E-state index contributed by atoms with van der Waals surface area (Å²) in [6.07, 6.45) is 16.6. The Morgan fingerprint density at radius 1 is 0.283 bits per heavy atom. The van der Waals surface area contributed by atoms with Crippen LogP contribution < -0.4 is 0 Å². The molecule has 12 aromatic rings. The standard InChI is InChI=1S/3C20H16/c1-2-3-6-16-13-17-9-4-7-14-11-12-15-8-5-10-18(16)20(15)19(14)17;1-2-3-5-14-12-17-10-8-15-6-4-7-16-9-11-18(13-14)20(17)19(15)16;1-2-3-5-14-8-9-17-11-10-15-6-4-7-16-12-13-18(14)20(17)19(15)16/h3*3-13H,2H2,1H3/b6-3+;2*5-3+. The van der Waals surface area contributed by atoms with Crippen molar-refractivity contribution in [3.63, 3.8) is 0 Å². The lowest BCUT2D eigenvalue weighted by molar-refractivity contribution is 1.23. The van der Waals surface area contributed by atoms with E-state index in [1.807, 2.05) is 0 Å². The summed E-state index contributed by atoms with van der Waals surface area (Å²) in [4.78, 5) is 0. The maximum absolute atomic E-state index is 2.32. The fourth-order valence-electron chi connectivity index (χ4n) is 9.45. The highest BCUT2D eigenvalue weighted by Gasteiger charge is 2.12. The van der Waals surface area contributed by atoms with Gasteiger partial charge >= 0.3 is 0 Å². The van der Waals surface area contributed by atoms with Crippen LogP contribution in [0.5, 0.6) is 0 Å². The number of hydrogen-bond donors (Lipinski definition) is 0. The van der Waals surface area contributed by atoms with Crippen molar-refractivity contribution in [2.24, 2.45) is 0 Å². The molecule has 288 valence electrons. The van der Waals surface area contributed by atoms with Gasteiger partial charge in [0.1, 0.15) is 0 Å². The van der Waals surface area contributed by atoms with Crippen LogP contribution in [0.2, 0.25) is 0 Å². The molecule has 0 nitrogen and oxygen atoms in total. The molecular formula is C60H48. The van der Waals surface area contributed by atoms with E-state index in [0.29, 0.717) is 0 Å². The summed E-state index contributed by atoms with van der Waals surface area (Å²) in [7, 11) is 0. The van der Waals surface area contributed by atoms with Crippen molar-refractivity contribution < 1.29 is 0 Å². The van der Waals surface area contributed by atoms with Gasteiger partial charge in [0.05, 0.1) is 0 Å². The molecular weight excluding hydrogens is 721 g/mol. The molecule has 0 aromatic heterocycles. The minimum absolute atomic E-state index is 1.07. The predicted molar refractivity (Wildman–Crippen MR) is 268 cm³/mol. The van der Waals surface area contributed by atoms with Crippen molar-refractivity contribution in [1.82, 2.24) is 0 Å². The van der Waals surface area contributed by atoms with Crippen LogP contribution >= 0.6 is 0 Å². The van der Waals surface area contributed by atoms with Crippen molar-refractivity contribution in [2.45, 2.75) is 40.0 Å². The molecule has 0 aliphatic heterocycles. The summed E-state index contributed by atoms with van der Waals surface area (Å²) in [5.41, 5.74) is 3.93. The number of hydrogen-bond acceptors (Lipinski definition) is 0. The van der Waals surface area contributed by atoms with Crippen molar-refractivity contribution in [3.05, 3.63) is 199 Å². The second-order valence-corrected chi connectivity index (χ2v) is 16.0. The first-order valence-electron chi connectivity index (χ1n) is 21.6. The van der Waals surface area contributed by atoms with E-state index in [1.165, 1.54) is 114 Å². The number of allylic oxidation sites excluding steroid dienone is 3. The van der Waals surface area contributed by atoms with Crippen LogP contribution in [0, 0.1) is 0 Å². The monoisotopic (exact) mass is 768 g/mol. The zero-order valence-corrected chi connectivity index (χ0v) is 34.7. The van der Waals surface area contributed by atoms with Gasteiger partial charge in [0.25, 0.3) is 0 Å². The van der Waals surface area contributed by atoms with Crippen LogP contribution in [0.1, 0.15) is 56.7 Å². The molecule has 0 fully saturated rings. The van der Waals surface area contributed by atoms with Crippen molar-refractivity contribution in [1.29, 1.82) is 0 Å². The van der Waals surface area contributed by atoms with Crippen LogP contribution in [0.4, 0.5) is 0 Å². The molecule has 0 aliphatic rings. The number of benzene rings is 12. The maximum Gasteiger partial charge on any atom is -0.00208 e. The lowest BCUT2D eigenvalue weighted by Crippen LogP contribution is -1.86. The smallest absolute Gasteiger partial charge is 0.00208 e. The molecule has 0 radical (unpaired) electrons. The normalized spacial score (nSPS) is 12.2. The highest BCUT2D eigenvalue weighted by Crippen LogP contribution is 2.39. The molecule has 0 heteroatoms. The van der Waals surface area contributed by atoms with E-state index in [0.717, 1.165) is 19.3 Å². The Bertz CT molecular complexity index is 3400. The van der Waals surface area contributed by atoms with Gasteiger partial charge in [0.2, 0.25) is 0 Å². The minimum Gasteiger partial charge on any atom is -0.0842 e. The molecule has 12 rings (SSSR count). The van der Waals surface area contributed by atoms with Gasteiger partial charge in [-0.15, -0.1) is 0 Å². The van der Waals surface area contributed by atoms with Crippen LogP contribution in [0.25, 0.3) is 115 Å². The van der Waals surface area contributed by atoms with Gasteiger partial charge in [-0.1, -0.05) is 203 Å². The van der Waals surface area contributed by atoms with E-state index in [-0.39, 0.29) is 0 Å². The molecule has 0 bridgehead atoms. The molecule has 12 aromatic carbocycles. The Kier molecular flexibility index (Phi) is 9.92. The fraction of sp³-hybridized carbons (Fsp3) is 0.100. The van der Waals surface area contributed by atoms with E-state index in [4.69, 9.17) is 0 Å². The first kappa shape index (κ1) is 37.3. The Morgan fingerprint density at radius 3 is 1.17 bits per heavy atom. The third-order valence-corrected chi connectivity index (χ3v) is 12.2. The number of rotatable bonds is 6. The van der Waals surface area contributed by atoms with E-state index < -0.39 is 0 Å². The Labute approximate surface area is 352 Å². The van der Waals surface area contributed by atoms with Crippen LogP contribution in [-0.2, 0) is 0 Å². The molecule has 60 heavy (non-hydrogen) atoms. The van der Waals surface area contributed by atoms with Gasteiger partial charge < -0.3 is 0 Å². The average molecular weight is 769 g/mol. The van der Waals surface area contributed by atoms with Gasteiger partial charge in [0, 0.05) is 0 Å². The molecule has 0 atom stereocenters. The van der Waals surface area contributed by atoms with Crippen molar-refractivity contribution >= 4 is 115 Å². The second kappa shape index (κ2) is 16.0. The third kappa shape index (κ3) is 6.59. The molecule has 0 aliphatic carbocycles. The van der Waals surface area contributed by atoms with E-state index in [9.17, 15) is 0 Å². The lowest BCUT2D eigenvalue weighted by Gasteiger charge is -2.12. The lowest BCUT2D eigenvalue weighted by atomic mass is 9.91. The first-order chi connectivity index (χ1) is 29.6. The predicted octanol–water partition coefficient (Wildman–Crippen LogP) is 18.0. The quantitative estimate of drug-likeness (QED) is 0.148. The SMILES string of the molecule is CC/C=C/c1cc2ccc3cccc4ccc(c1)c2c34.CC/C=C/c1cc2cccc3ccc4cccc1c4c32.CC/C=C/c1ccc2ccc3cccc4ccc1c2c34. The second-order valence-electron chi connectivity index (χ2n) is 16.0. The largest absolute Gasteiger partial charge is 0.0842 e. The summed E-state index contributed by atoms with van der Waals surface area (Å²) in [6, 6.07) is 60.0. The summed E-state index contributed by atoms with van der Waals surface area (Å²) in [5.74, 6) is 0. The zero-order valence-electron chi connectivity index (χ0n) is 34.7. The molecule has 0 unspecified atom stereocenters. The Morgan fingerprint density at radius 2 is 0.617 bits per heavy atom. The van der Waals surface area contributed by atoms with Gasteiger partial charge in [-0.25, -0.2) is 0 Å². The minimum atomic E-state index is 1.07. The van der Waals surface area contributed by atoms with Crippen LogP contribution in [0.15, 0.2) is 182 Å². The molecule has 0 amide bonds. The van der Waals surface area contributed by atoms with E-state index >= 15 is 0 Å². The van der Waals surface area contributed by atoms with Gasteiger partial charge in [-0.05, 0) is 151 Å². The highest BCUT2D eigenvalue weighted by atomic mass is 14.2. The summed E-state index contributed by atoms with van der Waals surface area (Å²) < 4.78 is 0. The average Bonchev–Trinajstić information content (AvgIpc) is 3.30. The summed E-state index contributed by atoms with van der Waals surface area (Å²) >= 11 is 0. The highest BCUT2D eigenvalue weighted by molar-refractivity contribution is 6.26. The molecule has 0 saturated heterocycles. The third-order valence-electron chi connectivity index (χ3n) is 12.2. The van der Waals surface area contributed by atoms with Crippen LogP contribution in [0.3, 0.4) is 0 Å². The van der Waals surface area contributed by atoms with Gasteiger partial charge in [0.15, 0.2) is 0 Å². The van der Waals surface area contributed by atoms with Crippen molar-refractivity contribution in [3.8, 4) is 0 Å². The van der Waals surface area contributed by atoms with E-state index in [2.05, 4.69) is 221 Å². The maximum atomic E-state index is 2.32. The molecule has 0 heterocycles. The summed E-state index contributed by atoms with van der Waals surface area (Å²) in [6.45, 7) is 6.52. The Hall–Kier alpha value is -7.02. The first-order valence-corrected chi connectivity index (χ1v) is 21.6. The van der Waals surface area contributed by atoms with Gasteiger partial charge in [-0.3, -0.25) is 0 Å². The van der Waals surface area contributed by atoms with Gasteiger partial charge in [-0.2, -0.15) is 0 Å². The zero-order chi connectivity index (χ0) is 40.6. The topological polar surface area (TPSA) is 0 Å². The molecule has 0 N–H and O–H groups in total. The van der Waals surface area contributed by atoms with Crippen LogP contribution in [-0.4, -0.2) is 0 Å². The van der Waals surface area contributed by atoms with E-state index in [1.54, 1.807) is 0 Å². The fourth-order valence-corrected chi connectivity index (χ4v) is 9.45. The van der Waals surface area contributed by atoms with Crippen molar-refractivity contribution in [2.75, 3.05) is 0 Å². The summed E-state index contributed by atoms with van der Waals surface area (Å²) in [5, 5.41) is 24.4. The molecule has 0 spiro atoms. The molecule has 0 saturated carbocycles. The Balaban J connectivity index is 0.000000108.